The van der Waals surface area contributed by atoms with Crippen LogP contribution in [0.2, 0.25) is 0 Å². The summed E-state index contributed by atoms with van der Waals surface area (Å²) in [4.78, 5) is 3.86. The molecule has 1 atom stereocenters. The summed E-state index contributed by atoms with van der Waals surface area (Å²) in [6.45, 7) is 6.27. The zero-order valence-corrected chi connectivity index (χ0v) is 11.6. The van der Waals surface area contributed by atoms with Crippen LogP contribution in [0.25, 0.3) is 0 Å². The van der Waals surface area contributed by atoms with Crippen molar-refractivity contribution in [2.45, 2.75) is 32.1 Å². The summed E-state index contributed by atoms with van der Waals surface area (Å²) >= 11 is 0. The van der Waals surface area contributed by atoms with Gasteiger partial charge in [0, 0.05) is 12.5 Å². The number of tetrazole rings is 1. The van der Waals surface area contributed by atoms with Gasteiger partial charge in [-0.15, -0.1) is 10.2 Å². The molecule has 3 rings (SSSR count). The number of piperidine rings is 1. The molecule has 3 heterocycles. The van der Waals surface area contributed by atoms with Gasteiger partial charge in [-0.05, 0) is 31.5 Å². The van der Waals surface area contributed by atoms with E-state index in [4.69, 9.17) is 9.47 Å². The predicted octanol–water partition coefficient (Wildman–Crippen LogP) is 0.185. The fourth-order valence-electron chi connectivity index (χ4n) is 2.98. The largest absolute Gasteiger partial charge is 0.347 e. The minimum Gasteiger partial charge on any atom is -0.347 e. The van der Waals surface area contributed by atoms with Gasteiger partial charge in [-0.1, -0.05) is 0 Å². The molecule has 2 aliphatic heterocycles. The highest BCUT2D eigenvalue weighted by molar-refractivity contribution is 4.87. The molecule has 0 aliphatic carbocycles. The number of aromatic nitrogens is 4. The van der Waals surface area contributed by atoms with E-state index in [9.17, 15) is 0 Å². The summed E-state index contributed by atoms with van der Waals surface area (Å²) in [7, 11) is 1.79. The molecule has 19 heavy (non-hydrogen) atoms. The Hall–Kier alpha value is -1.05. The molecule has 2 fully saturated rings. The number of ether oxygens (including phenoxy) is 2. The molecule has 7 nitrogen and oxygen atoms in total. The Morgan fingerprint density at radius 3 is 2.84 bits per heavy atom. The second kappa shape index (κ2) is 5.15. The molecule has 0 aromatic carbocycles. The molecule has 0 spiro atoms. The highest BCUT2D eigenvalue weighted by atomic mass is 16.7. The third kappa shape index (κ3) is 2.77. The molecular weight excluding hydrogens is 246 g/mol. The Bertz CT molecular complexity index is 430. The average Bonchev–Trinajstić information content (AvgIpc) is 3.00. The van der Waals surface area contributed by atoms with Crippen molar-refractivity contribution in [3.05, 3.63) is 5.82 Å². The molecule has 1 aromatic rings. The van der Waals surface area contributed by atoms with E-state index in [1.54, 1.807) is 7.05 Å². The van der Waals surface area contributed by atoms with E-state index in [-0.39, 0.29) is 0 Å². The third-order valence-electron chi connectivity index (χ3n) is 4.02. The van der Waals surface area contributed by atoms with Crippen molar-refractivity contribution in [3.8, 4) is 0 Å². The molecule has 0 amide bonds. The summed E-state index contributed by atoms with van der Waals surface area (Å²) < 4.78 is 11.6. The van der Waals surface area contributed by atoms with E-state index in [0.717, 1.165) is 38.3 Å². The van der Waals surface area contributed by atoms with Crippen LogP contribution in [0.3, 0.4) is 0 Å². The first-order chi connectivity index (χ1) is 9.16. The van der Waals surface area contributed by atoms with Crippen LogP contribution < -0.4 is 0 Å². The zero-order valence-electron chi connectivity index (χ0n) is 11.6. The third-order valence-corrected chi connectivity index (χ3v) is 4.02. The van der Waals surface area contributed by atoms with E-state index in [1.165, 1.54) is 4.80 Å². The lowest BCUT2D eigenvalue weighted by atomic mass is 9.90. The average molecular weight is 267 g/mol. The van der Waals surface area contributed by atoms with Gasteiger partial charge in [-0.25, -0.2) is 0 Å². The second-order valence-corrected chi connectivity index (χ2v) is 5.48. The van der Waals surface area contributed by atoms with Crippen LogP contribution >= 0.6 is 0 Å². The Labute approximate surface area is 112 Å². The zero-order chi connectivity index (χ0) is 13.3. The first-order valence-corrected chi connectivity index (χ1v) is 6.89. The maximum absolute atomic E-state index is 5.79. The molecule has 1 unspecified atom stereocenters. The number of nitrogens with zero attached hydrogens (tertiary/aromatic N) is 5. The van der Waals surface area contributed by atoms with Gasteiger partial charge in [-0.3, -0.25) is 4.90 Å². The van der Waals surface area contributed by atoms with Crippen LogP contribution in [0.5, 0.6) is 0 Å². The SMILES string of the molecule is Cn1nnc(CN2CCCC(C3(C)OCCO3)C2)n1. The lowest BCUT2D eigenvalue weighted by molar-refractivity contribution is -0.192. The van der Waals surface area contributed by atoms with Crippen LogP contribution in [-0.4, -0.2) is 57.2 Å². The topological polar surface area (TPSA) is 65.3 Å². The molecule has 2 saturated heterocycles. The summed E-state index contributed by atoms with van der Waals surface area (Å²) in [5, 5.41) is 12.2. The van der Waals surface area contributed by atoms with Crippen molar-refractivity contribution in [1.82, 2.24) is 25.1 Å². The van der Waals surface area contributed by atoms with Crippen LogP contribution in [0.15, 0.2) is 0 Å². The minimum absolute atomic E-state index is 0.408. The van der Waals surface area contributed by atoms with Crippen molar-refractivity contribution in [1.29, 1.82) is 0 Å². The normalized spacial score (nSPS) is 27.8. The predicted molar refractivity (Wildman–Crippen MR) is 67.1 cm³/mol. The van der Waals surface area contributed by atoms with Gasteiger partial charge < -0.3 is 9.47 Å². The van der Waals surface area contributed by atoms with Crippen molar-refractivity contribution >= 4 is 0 Å². The number of hydrogen-bond acceptors (Lipinski definition) is 6. The molecule has 2 aliphatic rings. The quantitative estimate of drug-likeness (QED) is 0.778. The van der Waals surface area contributed by atoms with E-state index >= 15 is 0 Å². The van der Waals surface area contributed by atoms with E-state index in [2.05, 4.69) is 27.2 Å². The number of aryl methyl sites for hydroxylation is 1. The van der Waals surface area contributed by atoms with Crippen LogP contribution in [-0.2, 0) is 23.1 Å². The van der Waals surface area contributed by atoms with Gasteiger partial charge >= 0.3 is 0 Å². The molecule has 1 aromatic heterocycles. The maximum Gasteiger partial charge on any atom is 0.188 e. The smallest absolute Gasteiger partial charge is 0.188 e. The summed E-state index contributed by atoms with van der Waals surface area (Å²) in [6, 6.07) is 0. The second-order valence-electron chi connectivity index (χ2n) is 5.48. The molecule has 7 heteroatoms. The molecule has 0 radical (unpaired) electrons. The molecule has 0 saturated carbocycles. The first-order valence-electron chi connectivity index (χ1n) is 6.89. The van der Waals surface area contributed by atoms with Gasteiger partial charge in [0.25, 0.3) is 0 Å². The maximum atomic E-state index is 5.79. The molecule has 0 N–H and O–H groups in total. The lowest BCUT2D eigenvalue weighted by Gasteiger charge is -2.39. The van der Waals surface area contributed by atoms with Gasteiger partial charge in [0.2, 0.25) is 0 Å². The van der Waals surface area contributed by atoms with Gasteiger partial charge in [-0.2, -0.15) is 4.80 Å². The van der Waals surface area contributed by atoms with Crippen molar-refractivity contribution < 1.29 is 9.47 Å². The summed E-state index contributed by atoms with van der Waals surface area (Å²) in [5.41, 5.74) is 0. The number of hydrogen-bond donors (Lipinski definition) is 0. The lowest BCUT2D eigenvalue weighted by Crippen LogP contribution is -2.46. The molecule has 0 bridgehead atoms. The Kier molecular flexibility index (Phi) is 3.51. The minimum atomic E-state index is -0.408. The highest BCUT2D eigenvalue weighted by Crippen LogP contribution is 2.34. The van der Waals surface area contributed by atoms with Gasteiger partial charge in [0.05, 0.1) is 26.8 Å². The van der Waals surface area contributed by atoms with Crippen molar-refractivity contribution in [2.24, 2.45) is 13.0 Å². The molecular formula is C12H21N5O2. The monoisotopic (exact) mass is 267 g/mol. The Balaban J connectivity index is 1.61. The van der Waals surface area contributed by atoms with Crippen molar-refractivity contribution in [2.75, 3.05) is 26.3 Å². The van der Waals surface area contributed by atoms with Gasteiger partial charge in [0.1, 0.15) is 0 Å². The highest BCUT2D eigenvalue weighted by Gasteiger charge is 2.41. The summed E-state index contributed by atoms with van der Waals surface area (Å²) in [6.07, 6.45) is 2.31. The van der Waals surface area contributed by atoms with E-state index in [0.29, 0.717) is 19.1 Å². The van der Waals surface area contributed by atoms with Crippen LogP contribution in [0.4, 0.5) is 0 Å². The van der Waals surface area contributed by atoms with Crippen LogP contribution in [0, 0.1) is 5.92 Å². The van der Waals surface area contributed by atoms with Crippen LogP contribution in [0.1, 0.15) is 25.6 Å². The standard InChI is InChI=1S/C12H21N5O2/c1-12(18-6-7-19-12)10-4-3-5-17(8-10)9-11-13-15-16(2)14-11/h10H,3-9H2,1-2H3. The van der Waals surface area contributed by atoms with E-state index < -0.39 is 5.79 Å². The summed E-state index contributed by atoms with van der Waals surface area (Å²) in [5.74, 6) is 0.788. The Morgan fingerprint density at radius 1 is 1.37 bits per heavy atom. The number of rotatable bonds is 3. The fourth-order valence-corrected chi connectivity index (χ4v) is 2.98. The Morgan fingerprint density at radius 2 is 2.16 bits per heavy atom. The first kappa shape index (κ1) is 13.0. The fraction of sp³-hybridized carbons (Fsp3) is 0.917. The van der Waals surface area contributed by atoms with Crippen molar-refractivity contribution in [3.63, 3.8) is 0 Å². The van der Waals surface area contributed by atoms with E-state index in [1.807, 2.05) is 0 Å². The molecule has 106 valence electrons. The van der Waals surface area contributed by atoms with Gasteiger partial charge in [0.15, 0.2) is 11.6 Å². The number of likely N-dealkylation sites (tertiary alicyclic amines) is 1.